The minimum absolute atomic E-state index is 0. The second kappa shape index (κ2) is 10.1. The van der Waals surface area contributed by atoms with E-state index in [1.54, 1.807) is 0 Å². The van der Waals surface area contributed by atoms with Crippen LogP contribution in [-0.4, -0.2) is 60.9 Å². The second-order valence-electron chi connectivity index (χ2n) is 5.28. The van der Waals surface area contributed by atoms with E-state index in [1.165, 1.54) is 10.5 Å². The van der Waals surface area contributed by atoms with Crippen molar-refractivity contribution < 1.29 is 9.59 Å². The van der Waals surface area contributed by atoms with Crippen LogP contribution < -0.4 is 10.6 Å². The predicted molar refractivity (Wildman–Crippen MR) is 104 cm³/mol. The molecule has 24 heavy (non-hydrogen) atoms. The molecule has 0 unspecified atom stereocenters. The van der Waals surface area contributed by atoms with Gasteiger partial charge >= 0.3 is 6.03 Å². The smallest absolute Gasteiger partial charge is 0.324 e. The van der Waals surface area contributed by atoms with Crippen LogP contribution in [-0.2, 0) is 11.3 Å². The number of carbonyl (C=O) groups excluding carboxylic acids is 2. The molecule has 1 saturated heterocycles. The molecular formula is C16H24IN5O2. The van der Waals surface area contributed by atoms with Gasteiger partial charge in [0.1, 0.15) is 0 Å². The topological polar surface area (TPSA) is 77.0 Å². The fourth-order valence-corrected chi connectivity index (χ4v) is 2.34. The summed E-state index contributed by atoms with van der Waals surface area (Å²) in [7, 11) is 1.96. The van der Waals surface area contributed by atoms with Gasteiger partial charge in [-0.15, -0.1) is 24.0 Å². The largest absolute Gasteiger partial charge is 0.357 e. The molecule has 0 spiro atoms. The summed E-state index contributed by atoms with van der Waals surface area (Å²) in [4.78, 5) is 30.7. The number of halogens is 1. The Morgan fingerprint density at radius 2 is 2.04 bits per heavy atom. The number of carbonyl (C=O) groups is 2. The summed E-state index contributed by atoms with van der Waals surface area (Å²) in [5.74, 6) is 0.552. The highest BCUT2D eigenvalue weighted by molar-refractivity contribution is 14.0. The quantitative estimate of drug-likeness (QED) is 0.299. The molecule has 1 aliphatic heterocycles. The van der Waals surface area contributed by atoms with Gasteiger partial charge in [0.25, 0.3) is 0 Å². The third-order valence-corrected chi connectivity index (χ3v) is 3.48. The molecule has 7 nitrogen and oxygen atoms in total. The lowest BCUT2D eigenvalue weighted by Crippen LogP contribution is -2.39. The van der Waals surface area contributed by atoms with Crippen molar-refractivity contribution >= 4 is 41.9 Å². The van der Waals surface area contributed by atoms with Crippen LogP contribution in [0, 0.1) is 0 Å². The van der Waals surface area contributed by atoms with Crippen LogP contribution in [0.4, 0.5) is 4.79 Å². The van der Waals surface area contributed by atoms with Crippen molar-refractivity contribution in [3.05, 3.63) is 35.9 Å². The van der Waals surface area contributed by atoms with E-state index in [2.05, 4.69) is 27.8 Å². The molecule has 1 heterocycles. The van der Waals surface area contributed by atoms with E-state index in [0.717, 1.165) is 19.0 Å². The third kappa shape index (κ3) is 5.66. The number of aliphatic imine (C=N–C) groups is 1. The molecule has 0 saturated carbocycles. The van der Waals surface area contributed by atoms with Gasteiger partial charge in [0, 0.05) is 20.1 Å². The molecule has 2 rings (SSSR count). The Morgan fingerprint density at radius 1 is 1.33 bits per heavy atom. The monoisotopic (exact) mass is 445 g/mol. The van der Waals surface area contributed by atoms with Gasteiger partial charge in [0.05, 0.1) is 19.6 Å². The summed E-state index contributed by atoms with van der Waals surface area (Å²) in [6.45, 7) is 4.23. The lowest BCUT2D eigenvalue weighted by molar-refractivity contribution is -0.124. The van der Waals surface area contributed by atoms with Crippen LogP contribution in [0.15, 0.2) is 35.3 Å². The highest BCUT2D eigenvalue weighted by Crippen LogP contribution is 2.03. The number of benzene rings is 1. The number of hydrogen-bond acceptors (Lipinski definition) is 3. The minimum atomic E-state index is -0.340. The number of imide groups is 1. The Bertz CT molecular complexity index is 563. The summed E-state index contributed by atoms with van der Waals surface area (Å²) < 4.78 is 0. The zero-order valence-corrected chi connectivity index (χ0v) is 16.3. The normalized spacial score (nSPS) is 14.2. The van der Waals surface area contributed by atoms with Gasteiger partial charge in [-0.3, -0.25) is 14.7 Å². The zero-order valence-electron chi connectivity index (χ0n) is 14.0. The molecule has 1 fully saturated rings. The van der Waals surface area contributed by atoms with Gasteiger partial charge in [-0.05, 0) is 12.5 Å². The first-order valence-corrected chi connectivity index (χ1v) is 7.73. The number of amides is 3. The van der Waals surface area contributed by atoms with Crippen molar-refractivity contribution in [2.24, 2.45) is 4.99 Å². The number of rotatable bonds is 6. The Morgan fingerprint density at radius 3 is 2.62 bits per heavy atom. The van der Waals surface area contributed by atoms with Gasteiger partial charge in [0.2, 0.25) is 5.91 Å². The van der Waals surface area contributed by atoms with Gasteiger partial charge in [-0.1, -0.05) is 30.3 Å². The SMILES string of the molecule is CCNC(=NCCN1C(=O)CNC1=O)N(C)Cc1ccccc1.I. The van der Waals surface area contributed by atoms with Crippen molar-refractivity contribution in [1.82, 2.24) is 20.4 Å². The number of nitrogens with zero attached hydrogens (tertiary/aromatic N) is 3. The van der Waals surface area contributed by atoms with Gasteiger partial charge in [-0.25, -0.2) is 4.79 Å². The van der Waals surface area contributed by atoms with Crippen molar-refractivity contribution in [2.45, 2.75) is 13.5 Å². The fourth-order valence-electron chi connectivity index (χ4n) is 2.34. The second-order valence-corrected chi connectivity index (χ2v) is 5.28. The van der Waals surface area contributed by atoms with E-state index in [-0.39, 0.29) is 42.5 Å². The van der Waals surface area contributed by atoms with Crippen LogP contribution in [0.2, 0.25) is 0 Å². The molecule has 8 heteroatoms. The number of urea groups is 1. The molecular weight excluding hydrogens is 421 g/mol. The maximum Gasteiger partial charge on any atom is 0.324 e. The summed E-state index contributed by atoms with van der Waals surface area (Å²) in [6.07, 6.45) is 0. The Balaban J connectivity index is 0.00000288. The minimum Gasteiger partial charge on any atom is -0.357 e. The lowest BCUT2D eigenvalue weighted by Gasteiger charge is -2.22. The summed E-state index contributed by atoms with van der Waals surface area (Å²) in [6, 6.07) is 9.78. The molecule has 0 radical (unpaired) electrons. The molecule has 1 aliphatic rings. The molecule has 1 aromatic carbocycles. The van der Waals surface area contributed by atoms with Crippen molar-refractivity contribution in [2.75, 3.05) is 33.2 Å². The maximum atomic E-state index is 11.5. The average Bonchev–Trinajstić information content (AvgIpc) is 2.86. The lowest BCUT2D eigenvalue weighted by atomic mass is 10.2. The Labute approximate surface area is 159 Å². The van der Waals surface area contributed by atoms with E-state index in [0.29, 0.717) is 13.1 Å². The summed E-state index contributed by atoms with van der Waals surface area (Å²) >= 11 is 0. The summed E-state index contributed by atoms with van der Waals surface area (Å²) in [5, 5.41) is 5.72. The molecule has 1 aromatic rings. The van der Waals surface area contributed by atoms with Crippen molar-refractivity contribution in [3.8, 4) is 0 Å². The average molecular weight is 445 g/mol. The van der Waals surface area contributed by atoms with Crippen LogP contribution in [0.3, 0.4) is 0 Å². The van der Waals surface area contributed by atoms with Crippen molar-refractivity contribution in [3.63, 3.8) is 0 Å². The standard InChI is InChI=1S/C16H23N5O2.HI/c1-3-17-15(20(2)12-13-7-5-4-6-8-13)18-9-10-21-14(22)11-19-16(21)23;/h4-8H,3,9-12H2,1-2H3,(H,17,18)(H,19,23);1H. The van der Waals surface area contributed by atoms with Gasteiger partial charge in [0.15, 0.2) is 5.96 Å². The summed E-state index contributed by atoms with van der Waals surface area (Å²) in [5.41, 5.74) is 1.19. The molecule has 0 aliphatic carbocycles. The van der Waals surface area contributed by atoms with E-state index in [9.17, 15) is 9.59 Å². The first-order valence-electron chi connectivity index (χ1n) is 7.73. The molecule has 0 atom stereocenters. The van der Waals surface area contributed by atoms with E-state index in [1.807, 2.05) is 37.1 Å². The highest BCUT2D eigenvalue weighted by Gasteiger charge is 2.27. The fraction of sp³-hybridized carbons (Fsp3) is 0.438. The highest BCUT2D eigenvalue weighted by atomic mass is 127. The number of guanidine groups is 1. The molecule has 0 bridgehead atoms. The molecule has 2 N–H and O–H groups in total. The van der Waals surface area contributed by atoms with Crippen LogP contribution in [0.5, 0.6) is 0 Å². The maximum absolute atomic E-state index is 11.5. The first-order chi connectivity index (χ1) is 11.1. The van der Waals surface area contributed by atoms with E-state index in [4.69, 9.17) is 0 Å². The van der Waals surface area contributed by atoms with Crippen LogP contribution in [0.1, 0.15) is 12.5 Å². The van der Waals surface area contributed by atoms with E-state index < -0.39 is 0 Å². The molecule has 132 valence electrons. The third-order valence-electron chi connectivity index (χ3n) is 3.48. The number of hydrogen-bond donors (Lipinski definition) is 2. The van der Waals surface area contributed by atoms with Crippen LogP contribution in [0.25, 0.3) is 0 Å². The Kier molecular flexibility index (Phi) is 8.51. The predicted octanol–water partition coefficient (Wildman–Crippen LogP) is 1.25. The Hall–Kier alpha value is -1.84. The van der Waals surface area contributed by atoms with Gasteiger partial charge in [-0.2, -0.15) is 0 Å². The van der Waals surface area contributed by atoms with Gasteiger partial charge < -0.3 is 15.5 Å². The van der Waals surface area contributed by atoms with Crippen LogP contribution >= 0.6 is 24.0 Å². The molecule has 3 amide bonds. The van der Waals surface area contributed by atoms with E-state index >= 15 is 0 Å². The van der Waals surface area contributed by atoms with Crippen molar-refractivity contribution in [1.29, 1.82) is 0 Å². The first kappa shape index (κ1) is 20.2. The zero-order chi connectivity index (χ0) is 16.7. The number of nitrogens with one attached hydrogen (secondary N) is 2. The molecule has 0 aromatic heterocycles.